The Bertz CT molecular complexity index is 986. The number of barbiturate groups is 1. The first kappa shape index (κ1) is 20.4. The molecule has 2 N–H and O–H groups in total. The van der Waals surface area contributed by atoms with Crippen LogP contribution in [0.4, 0.5) is 21.9 Å². The van der Waals surface area contributed by atoms with E-state index in [-0.39, 0.29) is 0 Å². The van der Waals surface area contributed by atoms with Crippen LogP contribution in [-0.2, 0) is 9.59 Å². The fourth-order valence-corrected chi connectivity index (χ4v) is 3.15. The van der Waals surface area contributed by atoms with Crippen LogP contribution >= 0.6 is 11.6 Å². The molecule has 0 saturated carbocycles. The number of amides is 4. The maximum absolute atomic E-state index is 13.1. The van der Waals surface area contributed by atoms with Crippen molar-refractivity contribution in [2.45, 2.75) is 6.92 Å². The number of anilines is 3. The summed E-state index contributed by atoms with van der Waals surface area (Å²) >= 11 is 5.89. The van der Waals surface area contributed by atoms with E-state index in [9.17, 15) is 14.4 Å². The first-order chi connectivity index (χ1) is 13.8. The average molecular weight is 413 g/mol. The molecule has 1 atom stereocenters. The Kier molecular flexibility index (Phi) is 5.89. The Morgan fingerprint density at radius 1 is 1.14 bits per heavy atom. The molecule has 0 bridgehead atoms. The molecule has 7 nitrogen and oxygen atoms in total. The monoisotopic (exact) mass is 412 g/mol. The van der Waals surface area contributed by atoms with Crippen molar-refractivity contribution in [3.05, 3.63) is 65.3 Å². The Hall–Kier alpha value is -3.32. The van der Waals surface area contributed by atoms with Gasteiger partial charge in [-0.15, -0.1) is 0 Å². The molecule has 3 rings (SSSR count). The first-order valence-electron chi connectivity index (χ1n) is 8.96. The number of carbonyl (C=O) groups excluding carboxylic acids is 3. The SMILES string of the molecule is C/C=C(/Nc1cccc(N(C)C)c1)[C@@H]1C(=O)NC(=O)N(c2ccc(Cl)cc2)C1=O. The minimum atomic E-state index is -1.18. The van der Waals surface area contributed by atoms with E-state index in [1.807, 2.05) is 43.3 Å². The Morgan fingerprint density at radius 3 is 2.45 bits per heavy atom. The van der Waals surface area contributed by atoms with Crippen molar-refractivity contribution >= 4 is 46.5 Å². The van der Waals surface area contributed by atoms with E-state index in [1.54, 1.807) is 37.3 Å². The Labute approximate surface area is 173 Å². The highest BCUT2D eigenvalue weighted by molar-refractivity contribution is 6.31. The number of rotatable bonds is 5. The third-order valence-corrected chi connectivity index (χ3v) is 4.77. The van der Waals surface area contributed by atoms with Crippen LogP contribution in [0.5, 0.6) is 0 Å². The summed E-state index contributed by atoms with van der Waals surface area (Å²) < 4.78 is 0. The summed E-state index contributed by atoms with van der Waals surface area (Å²) in [6.45, 7) is 1.72. The molecular formula is C21H21ClN4O3. The van der Waals surface area contributed by atoms with Gasteiger partial charge in [-0.2, -0.15) is 0 Å². The van der Waals surface area contributed by atoms with Crippen molar-refractivity contribution in [3.63, 3.8) is 0 Å². The number of halogens is 1. The number of allylic oxidation sites excluding steroid dienone is 1. The van der Waals surface area contributed by atoms with Crippen LogP contribution < -0.4 is 20.4 Å². The van der Waals surface area contributed by atoms with E-state index < -0.39 is 23.8 Å². The molecule has 1 aliphatic rings. The van der Waals surface area contributed by atoms with E-state index in [0.29, 0.717) is 16.4 Å². The third kappa shape index (κ3) is 4.25. The highest BCUT2D eigenvalue weighted by Crippen LogP contribution is 2.27. The van der Waals surface area contributed by atoms with Gasteiger partial charge in [0.2, 0.25) is 5.91 Å². The largest absolute Gasteiger partial charge is 0.378 e. The zero-order valence-electron chi connectivity index (χ0n) is 16.3. The number of carbonyl (C=O) groups is 3. The highest BCUT2D eigenvalue weighted by Gasteiger charge is 2.43. The standard InChI is InChI=1S/C21H21ClN4O3/c1-4-17(23-14-6-5-7-16(12-14)25(2)3)18-19(27)24-21(29)26(20(18)28)15-10-8-13(22)9-11-15/h4-12,18,23H,1-3H3,(H,24,27,29)/b17-4+/t18-/m1/s1. The van der Waals surface area contributed by atoms with Crippen LogP contribution in [0.2, 0.25) is 5.02 Å². The van der Waals surface area contributed by atoms with E-state index >= 15 is 0 Å². The lowest BCUT2D eigenvalue weighted by molar-refractivity contribution is -0.132. The smallest absolute Gasteiger partial charge is 0.335 e. The zero-order valence-corrected chi connectivity index (χ0v) is 17.0. The van der Waals surface area contributed by atoms with Gasteiger partial charge in [0.15, 0.2) is 5.92 Å². The van der Waals surface area contributed by atoms with Gasteiger partial charge in [0.25, 0.3) is 5.91 Å². The first-order valence-corrected chi connectivity index (χ1v) is 9.34. The predicted octanol–water partition coefficient (Wildman–Crippen LogP) is 3.62. The second kappa shape index (κ2) is 8.36. The van der Waals surface area contributed by atoms with Crippen LogP contribution in [-0.4, -0.2) is 31.9 Å². The highest BCUT2D eigenvalue weighted by atomic mass is 35.5. The molecule has 2 aromatic rings. The molecule has 2 aromatic carbocycles. The van der Waals surface area contributed by atoms with Crippen molar-refractivity contribution in [2.24, 2.45) is 5.92 Å². The van der Waals surface area contributed by atoms with Crippen LogP contribution in [0.3, 0.4) is 0 Å². The minimum Gasteiger partial charge on any atom is -0.378 e. The molecule has 0 unspecified atom stereocenters. The maximum atomic E-state index is 13.1. The van der Waals surface area contributed by atoms with Crippen molar-refractivity contribution < 1.29 is 14.4 Å². The van der Waals surface area contributed by atoms with Crippen LogP contribution in [0.25, 0.3) is 0 Å². The molecule has 0 aliphatic carbocycles. The zero-order chi connectivity index (χ0) is 21.1. The molecule has 0 spiro atoms. The molecule has 1 heterocycles. The van der Waals surface area contributed by atoms with Crippen LogP contribution in [0, 0.1) is 5.92 Å². The summed E-state index contributed by atoms with van der Waals surface area (Å²) in [5, 5.41) is 5.88. The maximum Gasteiger partial charge on any atom is 0.335 e. The predicted molar refractivity (Wildman–Crippen MR) is 114 cm³/mol. The molecule has 1 fully saturated rings. The quantitative estimate of drug-likeness (QED) is 0.733. The van der Waals surface area contributed by atoms with Gasteiger partial charge >= 0.3 is 6.03 Å². The second-order valence-electron chi connectivity index (χ2n) is 6.69. The van der Waals surface area contributed by atoms with Gasteiger partial charge in [0.1, 0.15) is 0 Å². The Morgan fingerprint density at radius 2 is 1.83 bits per heavy atom. The summed E-state index contributed by atoms with van der Waals surface area (Å²) in [4.78, 5) is 40.9. The summed E-state index contributed by atoms with van der Waals surface area (Å²) in [6.07, 6.45) is 1.65. The lowest BCUT2D eigenvalue weighted by Crippen LogP contribution is -2.59. The van der Waals surface area contributed by atoms with E-state index in [2.05, 4.69) is 10.6 Å². The van der Waals surface area contributed by atoms with Crippen molar-refractivity contribution in [1.29, 1.82) is 0 Å². The molecule has 1 saturated heterocycles. The summed E-state index contributed by atoms with van der Waals surface area (Å²) in [6, 6.07) is 13.0. The van der Waals surface area contributed by atoms with Crippen LogP contribution in [0.1, 0.15) is 6.92 Å². The molecule has 0 radical (unpaired) electrons. The van der Waals surface area contributed by atoms with E-state index in [0.717, 1.165) is 16.3 Å². The normalized spacial score (nSPS) is 17.2. The van der Waals surface area contributed by atoms with E-state index in [4.69, 9.17) is 11.6 Å². The number of urea groups is 1. The van der Waals surface area contributed by atoms with Gasteiger partial charge in [0.05, 0.1) is 5.69 Å². The molecule has 8 heteroatoms. The number of hydrogen-bond acceptors (Lipinski definition) is 5. The van der Waals surface area contributed by atoms with Crippen molar-refractivity contribution in [2.75, 3.05) is 29.2 Å². The van der Waals surface area contributed by atoms with E-state index in [1.165, 1.54) is 0 Å². The van der Waals surface area contributed by atoms with Crippen molar-refractivity contribution in [3.8, 4) is 0 Å². The van der Waals surface area contributed by atoms with Gasteiger partial charge < -0.3 is 10.2 Å². The van der Waals surface area contributed by atoms with Gasteiger partial charge in [-0.1, -0.05) is 23.7 Å². The third-order valence-electron chi connectivity index (χ3n) is 4.52. The van der Waals surface area contributed by atoms with Crippen LogP contribution in [0.15, 0.2) is 60.3 Å². The summed E-state index contributed by atoms with van der Waals surface area (Å²) in [5.41, 5.74) is 2.40. The van der Waals surface area contributed by atoms with Crippen molar-refractivity contribution in [1.82, 2.24) is 5.32 Å². The topological polar surface area (TPSA) is 81.8 Å². The molecule has 4 amide bonds. The fraction of sp³-hybridized carbons (Fsp3) is 0.190. The van der Waals surface area contributed by atoms with Gasteiger partial charge in [-0.25, -0.2) is 9.69 Å². The number of imide groups is 2. The van der Waals surface area contributed by atoms with Gasteiger partial charge in [0, 0.05) is 36.2 Å². The molecule has 0 aromatic heterocycles. The molecule has 150 valence electrons. The molecule has 1 aliphatic heterocycles. The lowest BCUT2D eigenvalue weighted by Gasteiger charge is -2.31. The number of hydrogen-bond donors (Lipinski definition) is 2. The lowest BCUT2D eigenvalue weighted by atomic mass is 9.99. The minimum absolute atomic E-state index is 0.333. The average Bonchev–Trinajstić information content (AvgIpc) is 2.68. The summed E-state index contributed by atoms with van der Waals surface area (Å²) in [7, 11) is 3.84. The Balaban J connectivity index is 1.91. The fourth-order valence-electron chi connectivity index (χ4n) is 3.02. The number of benzene rings is 2. The molecule has 29 heavy (non-hydrogen) atoms. The molecular weight excluding hydrogens is 392 g/mol. The second-order valence-corrected chi connectivity index (χ2v) is 7.13. The number of nitrogens with one attached hydrogen (secondary N) is 2. The van der Waals surface area contributed by atoms with Gasteiger partial charge in [-0.05, 0) is 49.4 Å². The van der Waals surface area contributed by atoms with Gasteiger partial charge in [-0.3, -0.25) is 14.9 Å². The number of nitrogens with zero attached hydrogens (tertiary/aromatic N) is 2. The summed E-state index contributed by atoms with van der Waals surface area (Å²) in [5.74, 6) is -2.49.